The molecule has 4 aliphatic rings. The summed E-state index contributed by atoms with van der Waals surface area (Å²) in [4.78, 5) is 0. The fraction of sp³-hybridized carbons (Fsp3) is 0.886. The molecule has 206 valence electrons. The molecule has 0 aromatic carbocycles. The van der Waals surface area contributed by atoms with Crippen LogP contribution in [-0.2, 0) is 4.74 Å². The predicted molar refractivity (Wildman–Crippen MR) is 156 cm³/mol. The van der Waals surface area contributed by atoms with Crippen LogP contribution in [0.1, 0.15) is 133 Å². The lowest BCUT2D eigenvalue weighted by Crippen LogP contribution is -2.58. The number of hydrogen-bond acceptors (Lipinski definition) is 1. The van der Waals surface area contributed by atoms with Crippen LogP contribution in [0.4, 0.5) is 0 Å². The molecule has 0 aromatic rings. The number of ether oxygens (including phenoxy) is 1. The highest BCUT2D eigenvalue weighted by atomic mass is 16.5. The van der Waals surface area contributed by atoms with Crippen LogP contribution in [0.25, 0.3) is 0 Å². The molecule has 0 N–H and O–H groups in total. The highest BCUT2D eigenvalue weighted by Gasteiger charge is 2.65. The van der Waals surface area contributed by atoms with E-state index in [1.807, 2.05) is 12.7 Å². The summed E-state index contributed by atoms with van der Waals surface area (Å²) in [5, 5.41) is 0. The number of hydrogen-bond donors (Lipinski definition) is 0. The van der Waals surface area contributed by atoms with Crippen molar-refractivity contribution < 1.29 is 4.74 Å². The minimum absolute atomic E-state index is 0.260. The average molecular weight is 497 g/mol. The third-order valence-electron chi connectivity index (χ3n) is 14.1. The fourth-order valence-corrected chi connectivity index (χ4v) is 11.2. The molecule has 3 fully saturated rings. The number of methoxy groups -OCH3 is 1. The van der Waals surface area contributed by atoms with Crippen molar-refractivity contribution in [2.45, 2.75) is 139 Å². The SMILES string of the molecule is C=C(C)C(CC)(CC)CC[C@H](C)[C@H]1CC[C@@]2(C)[C@@H]3CC[C@H]4C(C)(C)[C@@H](OC)CC[C@]4(C)C3=CC[C@]12C. The van der Waals surface area contributed by atoms with Gasteiger partial charge >= 0.3 is 0 Å². The Labute approximate surface area is 225 Å². The van der Waals surface area contributed by atoms with E-state index in [-0.39, 0.29) is 5.41 Å². The third kappa shape index (κ3) is 3.86. The van der Waals surface area contributed by atoms with Gasteiger partial charge in [0, 0.05) is 7.11 Å². The van der Waals surface area contributed by atoms with Gasteiger partial charge < -0.3 is 4.74 Å². The van der Waals surface area contributed by atoms with Gasteiger partial charge in [0.05, 0.1) is 6.10 Å². The second-order valence-corrected chi connectivity index (χ2v) is 15.3. The van der Waals surface area contributed by atoms with Crippen LogP contribution < -0.4 is 0 Å². The summed E-state index contributed by atoms with van der Waals surface area (Å²) in [5.74, 6) is 3.17. The second kappa shape index (κ2) is 9.57. The van der Waals surface area contributed by atoms with Gasteiger partial charge in [-0.3, -0.25) is 0 Å². The molecule has 3 saturated carbocycles. The lowest BCUT2D eigenvalue weighted by molar-refractivity contribution is -0.130. The first-order valence-corrected chi connectivity index (χ1v) is 15.7. The molecule has 8 atom stereocenters. The summed E-state index contributed by atoms with van der Waals surface area (Å²) >= 11 is 0. The van der Waals surface area contributed by atoms with Crippen LogP contribution in [0.5, 0.6) is 0 Å². The van der Waals surface area contributed by atoms with E-state index in [9.17, 15) is 0 Å². The summed E-state index contributed by atoms with van der Waals surface area (Å²) in [6.07, 6.45) is 17.8. The van der Waals surface area contributed by atoms with Gasteiger partial charge in [0.25, 0.3) is 0 Å². The van der Waals surface area contributed by atoms with E-state index in [4.69, 9.17) is 4.74 Å². The molecular formula is C35H60O. The summed E-state index contributed by atoms with van der Waals surface area (Å²) in [6.45, 7) is 27.1. The minimum Gasteiger partial charge on any atom is -0.381 e. The zero-order chi connectivity index (χ0) is 26.7. The Bertz CT molecular complexity index is 860. The van der Waals surface area contributed by atoms with E-state index in [1.165, 1.54) is 76.2 Å². The molecular weight excluding hydrogens is 436 g/mol. The lowest BCUT2D eigenvalue weighted by atomic mass is 9.41. The maximum absolute atomic E-state index is 6.03. The minimum atomic E-state index is 0.260. The maximum Gasteiger partial charge on any atom is 0.0625 e. The molecule has 0 aliphatic heterocycles. The van der Waals surface area contributed by atoms with Crippen LogP contribution >= 0.6 is 0 Å². The van der Waals surface area contributed by atoms with Crippen molar-refractivity contribution in [2.75, 3.05) is 7.11 Å². The van der Waals surface area contributed by atoms with E-state index >= 15 is 0 Å². The Morgan fingerprint density at radius 1 is 1.03 bits per heavy atom. The molecule has 0 bridgehead atoms. The second-order valence-electron chi connectivity index (χ2n) is 15.3. The predicted octanol–water partition coefficient (Wildman–Crippen LogP) is 10.4. The molecule has 4 aliphatic carbocycles. The number of fused-ring (bicyclic) bond motifs is 5. The summed E-state index contributed by atoms with van der Waals surface area (Å²) in [5.41, 5.74) is 5.13. The zero-order valence-electron chi connectivity index (χ0n) is 25.9. The average Bonchev–Trinajstić information content (AvgIpc) is 3.11. The largest absolute Gasteiger partial charge is 0.381 e. The Kier molecular flexibility index (Phi) is 7.56. The fourth-order valence-electron chi connectivity index (χ4n) is 11.2. The van der Waals surface area contributed by atoms with Crippen molar-refractivity contribution in [1.29, 1.82) is 0 Å². The van der Waals surface area contributed by atoms with E-state index in [0.29, 0.717) is 27.8 Å². The summed E-state index contributed by atoms with van der Waals surface area (Å²) in [6, 6.07) is 0. The van der Waals surface area contributed by atoms with Crippen molar-refractivity contribution in [1.82, 2.24) is 0 Å². The molecule has 0 saturated heterocycles. The van der Waals surface area contributed by atoms with E-state index in [0.717, 1.165) is 23.7 Å². The molecule has 0 heterocycles. The number of allylic oxidation sites excluding steroid dienone is 3. The van der Waals surface area contributed by atoms with Gasteiger partial charge in [0.15, 0.2) is 0 Å². The lowest BCUT2D eigenvalue weighted by Gasteiger charge is -2.64. The molecule has 1 heteroatoms. The molecule has 0 unspecified atom stereocenters. The van der Waals surface area contributed by atoms with Crippen LogP contribution in [0.3, 0.4) is 0 Å². The van der Waals surface area contributed by atoms with Crippen molar-refractivity contribution >= 4 is 0 Å². The van der Waals surface area contributed by atoms with Gasteiger partial charge in [-0.1, -0.05) is 79.2 Å². The van der Waals surface area contributed by atoms with Crippen LogP contribution in [0.2, 0.25) is 0 Å². The first-order valence-electron chi connectivity index (χ1n) is 15.7. The molecule has 1 nitrogen and oxygen atoms in total. The van der Waals surface area contributed by atoms with Gasteiger partial charge in [0.2, 0.25) is 0 Å². The van der Waals surface area contributed by atoms with Crippen LogP contribution in [-0.4, -0.2) is 13.2 Å². The highest BCUT2D eigenvalue weighted by Crippen LogP contribution is 2.73. The quantitative estimate of drug-likeness (QED) is 0.304. The van der Waals surface area contributed by atoms with Crippen molar-refractivity contribution in [3.63, 3.8) is 0 Å². The number of rotatable bonds is 8. The normalized spacial score (nSPS) is 42.7. The van der Waals surface area contributed by atoms with Crippen molar-refractivity contribution in [3.8, 4) is 0 Å². The Morgan fingerprint density at radius 2 is 1.69 bits per heavy atom. The van der Waals surface area contributed by atoms with E-state index < -0.39 is 0 Å². The third-order valence-corrected chi connectivity index (χ3v) is 14.1. The molecule has 4 rings (SSSR count). The molecule has 36 heavy (non-hydrogen) atoms. The molecule has 0 spiro atoms. The van der Waals surface area contributed by atoms with Crippen LogP contribution in [0.15, 0.2) is 23.8 Å². The highest BCUT2D eigenvalue weighted by molar-refractivity contribution is 5.32. The van der Waals surface area contributed by atoms with Gasteiger partial charge in [-0.15, -0.1) is 0 Å². The first-order chi connectivity index (χ1) is 16.8. The standard InChI is InChI=1S/C35H60O/c1-12-35(13-2,24(3)4)23-16-25(5)26-17-21-34(10)28-14-15-29-31(6,7)30(36-11)19-20-32(29,8)27(28)18-22-33(26,34)9/h18,25-26,28-30H,3,12-17,19-23H2,1-2,4-11H3/t25-,26+,28+,29-,30-,32+,33+,34-/m0/s1. The van der Waals surface area contributed by atoms with Gasteiger partial charge in [0.1, 0.15) is 0 Å². The molecule has 0 amide bonds. The van der Waals surface area contributed by atoms with Gasteiger partial charge in [-0.25, -0.2) is 0 Å². The smallest absolute Gasteiger partial charge is 0.0625 e. The van der Waals surface area contributed by atoms with Gasteiger partial charge in [-0.05, 0) is 128 Å². The maximum atomic E-state index is 6.03. The van der Waals surface area contributed by atoms with Crippen LogP contribution in [0, 0.1) is 50.7 Å². The first kappa shape index (κ1) is 28.4. The molecule has 0 aromatic heterocycles. The zero-order valence-corrected chi connectivity index (χ0v) is 25.9. The van der Waals surface area contributed by atoms with E-state index in [1.54, 1.807) is 0 Å². The Morgan fingerprint density at radius 3 is 2.28 bits per heavy atom. The Hall–Kier alpha value is -0.560. The topological polar surface area (TPSA) is 9.23 Å². The Balaban J connectivity index is 1.59. The molecule has 0 radical (unpaired) electrons. The summed E-state index contributed by atoms with van der Waals surface area (Å²) in [7, 11) is 1.94. The van der Waals surface area contributed by atoms with Crippen molar-refractivity contribution in [2.24, 2.45) is 50.7 Å². The summed E-state index contributed by atoms with van der Waals surface area (Å²) < 4.78 is 6.03. The van der Waals surface area contributed by atoms with Gasteiger partial charge in [-0.2, -0.15) is 0 Å². The van der Waals surface area contributed by atoms with E-state index in [2.05, 4.69) is 75.0 Å². The monoisotopic (exact) mass is 496 g/mol. The van der Waals surface area contributed by atoms with Crippen molar-refractivity contribution in [3.05, 3.63) is 23.8 Å².